The minimum atomic E-state index is -5.95. The molecule has 0 aliphatic heterocycles. The third-order valence-electron chi connectivity index (χ3n) is 7.74. The van der Waals surface area contributed by atoms with Crippen LogP contribution in [0, 0.1) is 23.2 Å². The lowest BCUT2D eigenvalue weighted by Crippen LogP contribution is -2.41. The molecule has 2 saturated carbocycles. The summed E-state index contributed by atoms with van der Waals surface area (Å²) in [7, 11) is -5.95. The molecule has 0 saturated heterocycles. The predicted molar refractivity (Wildman–Crippen MR) is 125 cm³/mol. The quantitative estimate of drug-likeness (QED) is 0.280. The van der Waals surface area contributed by atoms with Gasteiger partial charge in [0.1, 0.15) is 12.7 Å². The number of carbonyl (C=O) groups excluding carboxylic acids is 2. The topological polar surface area (TPSA) is 107 Å². The van der Waals surface area contributed by atoms with Gasteiger partial charge < -0.3 is 9.47 Å². The van der Waals surface area contributed by atoms with E-state index in [9.17, 15) is 26.8 Å². The van der Waals surface area contributed by atoms with Gasteiger partial charge in [-0.3, -0.25) is 9.35 Å². The van der Waals surface area contributed by atoms with E-state index in [4.69, 9.17) is 9.29 Å². The summed E-state index contributed by atoms with van der Waals surface area (Å²) in [5.74, 6) is -1.50. The van der Waals surface area contributed by atoms with Crippen molar-refractivity contribution in [1.29, 1.82) is 0 Å². The van der Waals surface area contributed by atoms with Gasteiger partial charge in [-0.2, -0.15) is 17.2 Å². The molecular formula is C25H36F2O7S. The Bertz CT molecular complexity index is 959. The molecule has 3 aliphatic rings. The molecule has 0 bridgehead atoms. The lowest BCUT2D eigenvalue weighted by Gasteiger charge is -2.39. The Labute approximate surface area is 206 Å². The molecule has 0 radical (unpaired) electrons. The summed E-state index contributed by atoms with van der Waals surface area (Å²) in [6.45, 7) is 3.04. The number of alkyl halides is 2. The van der Waals surface area contributed by atoms with E-state index in [0.29, 0.717) is 24.7 Å². The van der Waals surface area contributed by atoms with Crippen LogP contribution in [0.1, 0.15) is 78.1 Å². The van der Waals surface area contributed by atoms with Crippen molar-refractivity contribution in [1.82, 2.24) is 0 Å². The van der Waals surface area contributed by atoms with E-state index in [1.165, 1.54) is 19.3 Å². The van der Waals surface area contributed by atoms with Gasteiger partial charge in [-0.15, -0.1) is 0 Å². The van der Waals surface area contributed by atoms with E-state index in [1.54, 1.807) is 19.1 Å². The molecular weight excluding hydrogens is 482 g/mol. The number of fused-ring (bicyclic) bond motifs is 1. The maximum absolute atomic E-state index is 13.6. The molecule has 35 heavy (non-hydrogen) atoms. The molecule has 0 aromatic carbocycles. The predicted octanol–water partition coefficient (Wildman–Crippen LogP) is 5.22. The second kappa shape index (κ2) is 11.1. The van der Waals surface area contributed by atoms with E-state index in [2.05, 4.69) is 4.74 Å². The molecule has 1 N–H and O–H groups in total. The van der Waals surface area contributed by atoms with Gasteiger partial charge in [-0.1, -0.05) is 57.8 Å². The van der Waals surface area contributed by atoms with Crippen LogP contribution in [-0.2, 0) is 29.2 Å². The van der Waals surface area contributed by atoms with Gasteiger partial charge in [-0.05, 0) is 49.5 Å². The van der Waals surface area contributed by atoms with Gasteiger partial charge in [0.2, 0.25) is 0 Å². The molecule has 5 atom stereocenters. The van der Waals surface area contributed by atoms with Crippen molar-refractivity contribution in [2.75, 3.05) is 6.61 Å². The third kappa shape index (κ3) is 6.70. The lowest BCUT2D eigenvalue weighted by molar-refractivity contribution is -0.166. The highest BCUT2D eigenvalue weighted by Crippen LogP contribution is 2.43. The van der Waals surface area contributed by atoms with E-state index in [-0.39, 0.29) is 18.3 Å². The minimum Gasteiger partial charge on any atom is -0.459 e. The van der Waals surface area contributed by atoms with Crippen LogP contribution in [0.4, 0.5) is 8.78 Å². The number of allylic oxidation sites excluding steroid dienone is 2. The lowest BCUT2D eigenvalue weighted by atomic mass is 9.67. The molecule has 3 aliphatic carbocycles. The zero-order chi connectivity index (χ0) is 25.9. The van der Waals surface area contributed by atoms with Crippen LogP contribution in [0.5, 0.6) is 0 Å². The van der Waals surface area contributed by atoms with Gasteiger partial charge in [0.15, 0.2) is 0 Å². The average molecular weight is 519 g/mol. The second-order valence-corrected chi connectivity index (χ2v) is 11.9. The Morgan fingerprint density at radius 2 is 1.86 bits per heavy atom. The maximum atomic E-state index is 13.6. The largest absolute Gasteiger partial charge is 0.465 e. The van der Waals surface area contributed by atoms with Crippen LogP contribution in [0.25, 0.3) is 0 Å². The highest BCUT2D eigenvalue weighted by Gasteiger charge is 2.54. The molecule has 0 amide bonds. The summed E-state index contributed by atoms with van der Waals surface area (Å²) in [6.07, 6.45) is 13.7. The van der Waals surface area contributed by atoms with Crippen molar-refractivity contribution in [3.63, 3.8) is 0 Å². The highest BCUT2D eigenvalue weighted by molar-refractivity contribution is 7.87. The van der Waals surface area contributed by atoms with E-state index < -0.39 is 39.5 Å². The second-order valence-electron chi connectivity index (χ2n) is 10.4. The van der Waals surface area contributed by atoms with Gasteiger partial charge >= 0.3 is 27.3 Å². The molecule has 198 valence electrons. The Hall–Kier alpha value is -1.81. The van der Waals surface area contributed by atoms with Crippen molar-refractivity contribution in [3.05, 3.63) is 23.8 Å². The van der Waals surface area contributed by atoms with Crippen LogP contribution in [0.3, 0.4) is 0 Å². The summed E-state index contributed by atoms with van der Waals surface area (Å²) >= 11 is 0. The van der Waals surface area contributed by atoms with Gasteiger partial charge in [0, 0.05) is 11.8 Å². The molecule has 0 aromatic heterocycles. The summed E-state index contributed by atoms with van der Waals surface area (Å²) in [6, 6.07) is 0. The molecule has 2 fully saturated rings. The monoisotopic (exact) mass is 518 g/mol. The molecule has 0 heterocycles. The zero-order valence-electron chi connectivity index (χ0n) is 20.4. The fourth-order valence-electron chi connectivity index (χ4n) is 5.67. The number of hydrogen-bond acceptors (Lipinski definition) is 6. The maximum Gasteiger partial charge on any atom is 0.465 e. The third-order valence-corrected chi connectivity index (χ3v) is 8.55. The number of halogens is 2. The summed E-state index contributed by atoms with van der Waals surface area (Å²) in [4.78, 5) is 24.9. The first kappa shape index (κ1) is 27.8. The molecule has 0 aromatic rings. The van der Waals surface area contributed by atoms with E-state index >= 15 is 0 Å². The molecule has 3 rings (SSSR count). The first-order valence-corrected chi connectivity index (χ1v) is 13.9. The molecule has 0 spiro atoms. The summed E-state index contributed by atoms with van der Waals surface area (Å²) in [5.41, 5.74) is -0.0964. The summed E-state index contributed by atoms with van der Waals surface area (Å²) < 4.78 is 68.2. The number of carbonyl (C=O) groups is 2. The molecule has 7 nitrogen and oxygen atoms in total. The first-order chi connectivity index (χ1) is 16.4. The van der Waals surface area contributed by atoms with Crippen molar-refractivity contribution >= 4 is 22.1 Å². The first-order valence-electron chi connectivity index (χ1n) is 12.5. The van der Waals surface area contributed by atoms with Gasteiger partial charge in [0.05, 0.1) is 5.92 Å². The van der Waals surface area contributed by atoms with Crippen LogP contribution in [-0.4, -0.2) is 42.9 Å². The van der Waals surface area contributed by atoms with Crippen LogP contribution < -0.4 is 0 Å². The SMILES string of the molecule is CCC1=CCC=CC(C)(COC(=O)C(F)(F)S(=O)(=O)O)CC1OC(=O)C1CCC2CCCCC2C1. The Balaban J connectivity index is 1.69. The van der Waals surface area contributed by atoms with E-state index in [1.807, 2.05) is 13.0 Å². The van der Waals surface area contributed by atoms with Crippen molar-refractivity contribution < 1.29 is 40.8 Å². The van der Waals surface area contributed by atoms with Crippen molar-refractivity contribution in [2.24, 2.45) is 23.2 Å². The molecule has 10 heteroatoms. The number of rotatable bonds is 7. The van der Waals surface area contributed by atoms with Gasteiger partial charge in [0.25, 0.3) is 0 Å². The fourth-order valence-corrected chi connectivity index (χ4v) is 5.94. The highest BCUT2D eigenvalue weighted by atomic mass is 32.2. The van der Waals surface area contributed by atoms with Crippen molar-refractivity contribution in [2.45, 2.75) is 89.4 Å². The Kier molecular flexibility index (Phi) is 8.78. The number of ether oxygens (including phenoxy) is 2. The standard InChI is InChI=1S/C25H36F2O7S/c1-3-17-8-6-7-13-24(2,16-33-23(29)25(26,27)35(30,31)32)15-21(17)34-22(28)20-12-11-18-9-4-5-10-19(18)14-20/h7-8,13,18-21H,3-6,9-12,14-16H2,1-2H3,(H,30,31,32). The average Bonchev–Trinajstić information content (AvgIpc) is 2.80. The van der Waals surface area contributed by atoms with Crippen LogP contribution in [0.15, 0.2) is 23.8 Å². The van der Waals surface area contributed by atoms with Crippen LogP contribution >= 0.6 is 0 Å². The fraction of sp³-hybridized carbons (Fsp3) is 0.760. The number of esters is 2. The smallest absolute Gasteiger partial charge is 0.459 e. The van der Waals surface area contributed by atoms with Gasteiger partial charge in [-0.25, -0.2) is 4.79 Å². The number of hydrogen-bond donors (Lipinski definition) is 1. The van der Waals surface area contributed by atoms with Crippen molar-refractivity contribution in [3.8, 4) is 0 Å². The summed E-state index contributed by atoms with van der Waals surface area (Å²) in [5, 5.41) is -5.06. The normalized spacial score (nSPS) is 32.0. The Morgan fingerprint density at radius 3 is 2.51 bits per heavy atom. The molecule has 5 unspecified atom stereocenters. The Morgan fingerprint density at radius 1 is 1.17 bits per heavy atom. The van der Waals surface area contributed by atoms with Crippen LogP contribution in [0.2, 0.25) is 0 Å². The van der Waals surface area contributed by atoms with E-state index in [0.717, 1.165) is 31.3 Å². The zero-order valence-corrected chi connectivity index (χ0v) is 21.2. The minimum absolute atomic E-state index is 0.161.